The molecule has 108 valence electrons. The zero-order valence-electron chi connectivity index (χ0n) is 12.1. The van der Waals surface area contributed by atoms with Gasteiger partial charge in [-0.3, -0.25) is 4.90 Å². The van der Waals surface area contributed by atoms with Gasteiger partial charge < -0.3 is 4.74 Å². The second kappa shape index (κ2) is 6.87. The summed E-state index contributed by atoms with van der Waals surface area (Å²) in [6, 6.07) is 14.6. The van der Waals surface area contributed by atoms with Crippen LogP contribution in [0.2, 0.25) is 0 Å². The summed E-state index contributed by atoms with van der Waals surface area (Å²) in [5, 5.41) is 8.77. The van der Waals surface area contributed by atoms with Gasteiger partial charge in [0.2, 0.25) is 0 Å². The first-order valence-corrected chi connectivity index (χ1v) is 6.62. The maximum Gasteiger partial charge on any atom is 0.165 e. The molecule has 0 spiro atoms. The molecule has 0 atom stereocenters. The van der Waals surface area contributed by atoms with Crippen molar-refractivity contribution in [2.24, 2.45) is 0 Å². The van der Waals surface area contributed by atoms with Crippen LogP contribution in [0.4, 0.5) is 4.39 Å². The predicted molar refractivity (Wildman–Crippen MR) is 79.3 cm³/mol. The molecule has 0 saturated carbocycles. The van der Waals surface area contributed by atoms with E-state index in [1.165, 1.54) is 13.2 Å². The lowest BCUT2D eigenvalue weighted by Gasteiger charge is -2.17. The summed E-state index contributed by atoms with van der Waals surface area (Å²) < 4.78 is 18.5. The van der Waals surface area contributed by atoms with Crippen LogP contribution in [0.5, 0.6) is 5.75 Å². The van der Waals surface area contributed by atoms with Crippen LogP contribution in [0.1, 0.15) is 16.7 Å². The molecule has 3 nitrogen and oxygen atoms in total. The highest BCUT2D eigenvalue weighted by Gasteiger charge is 2.06. The summed E-state index contributed by atoms with van der Waals surface area (Å²) in [5.41, 5.74) is 2.66. The van der Waals surface area contributed by atoms with Crippen LogP contribution in [-0.2, 0) is 13.1 Å². The SMILES string of the molecule is COc1ccc(CN(C)Cc2ccc(C#N)cc2)cc1F. The molecule has 0 heterocycles. The highest BCUT2D eigenvalue weighted by molar-refractivity contribution is 5.32. The third kappa shape index (κ3) is 4.04. The van der Waals surface area contributed by atoms with Gasteiger partial charge in [-0.25, -0.2) is 4.39 Å². The van der Waals surface area contributed by atoms with E-state index in [0.717, 1.165) is 17.7 Å². The number of nitrogens with zero attached hydrogens (tertiary/aromatic N) is 2. The van der Waals surface area contributed by atoms with Crippen molar-refractivity contribution in [2.75, 3.05) is 14.2 Å². The van der Waals surface area contributed by atoms with E-state index >= 15 is 0 Å². The van der Waals surface area contributed by atoms with Crippen molar-refractivity contribution >= 4 is 0 Å². The van der Waals surface area contributed by atoms with E-state index in [1.807, 2.05) is 25.2 Å². The van der Waals surface area contributed by atoms with Gasteiger partial charge in [0.25, 0.3) is 0 Å². The number of benzene rings is 2. The van der Waals surface area contributed by atoms with Gasteiger partial charge in [0.1, 0.15) is 0 Å². The van der Waals surface area contributed by atoms with Crippen molar-refractivity contribution in [3.05, 3.63) is 65.0 Å². The molecule has 2 aromatic rings. The first-order valence-electron chi connectivity index (χ1n) is 6.62. The Morgan fingerprint density at radius 1 is 1.10 bits per heavy atom. The van der Waals surface area contributed by atoms with Crippen LogP contribution in [0, 0.1) is 17.1 Å². The number of methoxy groups -OCH3 is 1. The predicted octanol–water partition coefficient (Wildman–Crippen LogP) is 3.34. The van der Waals surface area contributed by atoms with Crippen molar-refractivity contribution in [1.29, 1.82) is 5.26 Å². The Hall–Kier alpha value is -2.38. The van der Waals surface area contributed by atoms with E-state index in [4.69, 9.17) is 10.00 Å². The van der Waals surface area contributed by atoms with Gasteiger partial charge in [0.15, 0.2) is 11.6 Å². The van der Waals surface area contributed by atoms with Crippen molar-refractivity contribution in [1.82, 2.24) is 4.90 Å². The van der Waals surface area contributed by atoms with Gasteiger partial charge in [0.05, 0.1) is 18.7 Å². The summed E-state index contributed by atoms with van der Waals surface area (Å²) >= 11 is 0. The van der Waals surface area contributed by atoms with E-state index in [0.29, 0.717) is 12.1 Å². The molecule has 0 unspecified atom stereocenters. The lowest BCUT2D eigenvalue weighted by atomic mass is 10.1. The van der Waals surface area contributed by atoms with Gasteiger partial charge in [0, 0.05) is 13.1 Å². The Kier molecular flexibility index (Phi) is 4.91. The van der Waals surface area contributed by atoms with E-state index < -0.39 is 0 Å². The van der Waals surface area contributed by atoms with Gasteiger partial charge in [-0.1, -0.05) is 18.2 Å². The minimum absolute atomic E-state index is 0.258. The summed E-state index contributed by atoms with van der Waals surface area (Å²) in [6.07, 6.45) is 0. The summed E-state index contributed by atoms with van der Waals surface area (Å²) in [7, 11) is 3.43. The van der Waals surface area contributed by atoms with Crippen molar-refractivity contribution in [3.8, 4) is 11.8 Å². The maximum atomic E-state index is 13.6. The molecule has 2 aromatic carbocycles. The minimum atomic E-state index is -0.346. The number of hydrogen-bond acceptors (Lipinski definition) is 3. The molecule has 0 radical (unpaired) electrons. The number of rotatable bonds is 5. The normalized spacial score (nSPS) is 10.4. The molecule has 0 aliphatic carbocycles. The Morgan fingerprint density at radius 3 is 2.29 bits per heavy atom. The zero-order valence-corrected chi connectivity index (χ0v) is 12.1. The molecule has 2 rings (SSSR count). The number of hydrogen-bond donors (Lipinski definition) is 0. The van der Waals surface area contributed by atoms with Gasteiger partial charge in [-0.15, -0.1) is 0 Å². The van der Waals surface area contributed by atoms with Gasteiger partial charge in [-0.2, -0.15) is 5.26 Å². The second-order valence-electron chi connectivity index (χ2n) is 4.95. The van der Waals surface area contributed by atoms with Gasteiger partial charge in [-0.05, 0) is 42.4 Å². The standard InChI is InChI=1S/C17H17FN2O/c1-20(11-14-5-3-13(10-19)4-6-14)12-15-7-8-17(21-2)16(18)9-15/h3-9H,11-12H2,1-2H3. The molecule has 21 heavy (non-hydrogen) atoms. The molecular formula is C17H17FN2O. The molecule has 0 aromatic heterocycles. The fourth-order valence-corrected chi connectivity index (χ4v) is 2.17. The number of nitriles is 1. The Labute approximate surface area is 124 Å². The average Bonchev–Trinajstić information content (AvgIpc) is 2.48. The number of halogens is 1. The summed E-state index contributed by atoms with van der Waals surface area (Å²) in [5.74, 6) is -0.0877. The summed E-state index contributed by atoms with van der Waals surface area (Å²) in [4.78, 5) is 2.09. The fraction of sp³-hybridized carbons (Fsp3) is 0.235. The van der Waals surface area contributed by atoms with Crippen molar-refractivity contribution in [3.63, 3.8) is 0 Å². The molecule has 0 amide bonds. The Morgan fingerprint density at radius 2 is 1.71 bits per heavy atom. The Balaban J connectivity index is 1.99. The lowest BCUT2D eigenvalue weighted by Crippen LogP contribution is -2.17. The monoisotopic (exact) mass is 284 g/mol. The fourth-order valence-electron chi connectivity index (χ4n) is 2.17. The average molecular weight is 284 g/mol. The van der Waals surface area contributed by atoms with E-state index in [1.54, 1.807) is 18.2 Å². The molecule has 0 bridgehead atoms. The highest BCUT2D eigenvalue weighted by Crippen LogP contribution is 2.19. The molecule has 4 heteroatoms. The first-order chi connectivity index (χ1) is 10.1. The van der Waals surface area contributed by atoms with Crippen LogP contribution >= 0.6 is 0 Å². The molecule has 0 N–H and O–H groups in total. The largest absolute Gasteiger partial charge is 0.494 e. The lowest BCUT2D eigenvalue weighted by molar-refractivity contribution is 0.317. The van der Waals surface area contributed by atoms with Crippen LogP contribution in [0.3, 0.4) is 0 Å². The minimum Gasteiger partial charge on any atom is -0.494 e. The number of ether oxygens (including phenoxy) is 1. The third-order valence-electron chi connectivity index (χ3n) is 3.20. The zero-order chi connectivity index (χ0) is 15.2. The maximum absolute atomic E-state index is 13.6. The molecule has 0 aliphatic heterocycles. The van der Waals surface area contributed by atoms with Crippen LogP contribution in [0.25, 0.3) is 0 Å². The Bertz CT molecular complexity index is 647. The van der Waals surface area contributed by atoms with Crippen LogP contribution < -0.4 is 4.74 Å². The smallest absolute Gasteiger partial charge is 0.165 e. The van der Waals surface area contributed by atoms with E-state index in [-0.39, 0.29) is 11.6 Å². The van der Waals surface area contributed by atoms with Crippen LogP contribution in [0.15, 0.2) is 42.5 Å². The molecule has 0 aliphatic rings. The molecular weight excluding hydrogens is 267 g/mol. The van der Waals surface area contributed by atoms with E-state index in [9.17, 15) is 4.39 Å². The topological polar surface area (TPSA) is 36.3 Å². The molecule has 0 saturated heterocycles. The second-order valence-corrected chi connectivity index (χ2v) is 4.95. The highest BCUT2D eigenvalue weighted by atomic mass is 19.1. The van der Waals surface area contributed by atoms with Crippen molar-refractivity contribution < 1.29 is 9.13 Å². The quantitative estimate of drug-likeness (QED) is 0.845. The van der Waals surface area contributed by atoms with Crippen molar-refractivity contribution in [2.45, 2.75) is 13.1 Å². The van der Waals surface area contributed by atoms with E-state index in [2.05, 4.69) is 11.0 Å². The van der Waals surface area contributed by atoms with Crippen LogP contribution in [-0.4, -0.2) is 19.1 Å². The first kappa shape index (κ1) is 15.0. The third-order valence-corrected chi connectivity index (χ3v) is 3.20. The summed E-state index contributed by atoms with van der Waals surface area (Å²) in [6.45, 7) is 1.38. The molecule has 0 fully saturated rings. The van der Waals surface area contributed by atoms with Gasteiger partial charge >= 0.3 is 0 Å².